The van der Waals surface area contributed by atoms with E-state index in [1.165, 1.54) is 37.7 Å². The van der Waals surface area contributed by atoms with Crippen LogP contribution in [0.3, 0.4) is 0 Å². The summed E-state index contributed by atoms with van der Waals surface area (Å²) in [5.41, 5.74) is 5.30. The van der Waals surface area contributed by atoms with Crippen molar-refractivity contribution in [3.05, 3.63) is 71.8 Å². The van der Waals surface area contributed by atoms with Crippen molar-refractivity contribution in [2.45, 2.75) is 46.0 Å². The van der Waals surface area contributed by atoms with E-state index >= 15 is 0 Å². The van der Waals surface area contributed by atoms with Gasteiger partial charge in [-0.05, 0) is 36.0 Å². The van der Waals surface area contributed by atoms with Gasteiger partial charge in [0.15, 0.2) is 5.88 Å². The quantitative estimate of drug-likeness (QED) is 0.248. The Morgan fingerprint density at radius 2 is 1.50 bits per heavy atom. The number of hydrogen-bond donors (Lipinski definition) is 3. The fourth-order valence-corrected chi connectivity index (χ4v) is 4.87. The number of H-pyrrole nitrogens is 1. The van der Waals surface area contributed by atoms with E-state index in [-0.39, 0.29) is 11.3 Å². The summed E-state index contributed by atoms with van der Waals surface area (Å²) < 4.78 is 0. The van der Waals surface area contributed by atoms with E-state index < -0.39 is 0 Å². The second kappa shape index (κ2) is 12.7. The fourth-order valence-electron chi connectivity index (χ4n) is 4.61. The summed E-state index contributed by atoms with van der Waals surface area (Å²) in [7, 11) is 1.00. The molecule has 1 fully saturated rings. The molecule has 2 aromatic carbocycles. The molecule has 1 aliphatic rings. The van der Waals surface area contributed by atoms with Gasteiger partial charge in [-0.1, -0.05) is 99.3 Å². The molecule has 0 saturated heterocycles. The first-order chi connectivity index (χ1) is 17.4. The third-order valence-electron chi connectivity index (χ3n) is 6.77. The van der Waals surface area contributed by atoms with Gasteiger partial charge in [-0.15, -0.1) is 0 Å². The number of hydrogen-bond acceptors (Lipinski definition) is 4. The Labute approximate surface area is 218 Å². The number of aromatic nitrogens is 2. The lowest BCUT2D eigenvalue weighted by atomic mass is 9.72. The van der Waals surface area contributed by atoms with Gasteiger partial charge in [0.25, 0.3) is 0 Å². The molecule has 0 atom stereocenters. The lowest BCUT2D eigenvalue weighted by molar-refractivity contribution is -0.117. The molecule has 2 aromatic heterocycles. The van der Waals surface area contributed by atoms with Crippen LogP contribution in [-0.2, 0) is 4.79 Å². The molecule has 1 aliphatic carbocycles. The summed E-state index contributed by atoms with van der Waals surface area (Å²) in [6.07, 6.45) is 7.65. The van der Waals surface area contributed by atoms with Gasteiger partial charge in [0.2, 0.25) is 0 Å². The van der Waals surface area contributed by atoms with Crippen molar-refractivity contribution in [1.82, 2.24) is 9.97 Å². The number of benzene rings is 2. The van der Waals surface area contributed by atoms with E-state index in [2.05, 4.69) is 48.1 Å². The highest BCUT2D eigenvalue weighted by Crippen LogP contribution is 2.36. The van der Waals surface area contributed by atoms with E-state index in [0.29, 0.717) is 22.2 Å². The van der Waals surface area contributed by atoms with Crippen LogP contribution in [0.1, 0.15) is 46.0 Å². The van der Waals surface area contributed by atoms with Gasteiger partial charge in [0.05, 0.1) is 21.7 Å². The summed E-state index contributed by atoms with van der Waals surface area (Å²) in [4.78, 5) is 18.1. The summed E-state index contributed by atoms with van der Waals surface area (Å²) in [6.45, 7) is 4.13. The largest absolute Gasteiger partial charge is 0.495 e. The van der Waals surface area contributed by atoms with Gasteiger partial charge >= 0.3 is 0 Å². The van der Waals surface area contributed by atoms with Crippen molar-refractivity contribution in [2.24, 2.45) is 11.3 Å². The van der Waals surface area contributed by atoms with Gasteiger partial charge in [-0.25, -0.2) is 4.98 Å². The smallest absolute Gasteiger partial charge is 0.190 e. The minimum Gasteiger partial charge on any atom is -0.495 e. The molecule has 2 heterocycles. The average Bonchev–Trinajstić information content (AvgIpc) is 3.29. The van der Waals surface area contributed by atoms with Gasteiger partial charge in [-0.3, -0.25) is 0 Å². The highest BCUT2D eigenvalue weighted by molar-refractivity contribution is 6.33. The third kappa shape index (κ3) is 6.74. The summed E-state index contributed by atoms with van der Waals surface area (Å²) >= 11 is 6.34. The van der Waals surface area contributed by atoms with Crippen LogP contribution >= 0.6 is 11.6 Å². The minimum atomic E-state index is -0.0690. The zero-order chi connectivity index (χ0) is 26.1. The second-order valence-corrected chi connectivity index (χ2v) is 10.0. The average molecular weight is 507 g/mol. The summed E-state index contributed by atoms with van der Waals surface area (Å²) in [6, 6.07) is 21.7. The van der Waals surface area contributed by atoms with E-state index in [0.717, 1.165) is 30.0 Å². The zero-order valence-electron chi connectivity index (χ0n) is 21.2. The van der Waals surface area contributed by atoms with Crippen molar-refractivity contribution in [2.75, 3.05) is 7.11 Å². The molecule has 5 rings (SSSR count). The standard InChI is InChI=1S/C19H13ClN2O.C10H18O.CH4O/c20-15-10-16-17(11-18(23)21-16)22-19(15)14-8-6-13(7-9-14)12-4-2-1-3-5-12;1-10(2,8-11)9-6-4-3-5-7-9;1-2/h1-11,21,23H;8-9H,3-7H2,1-2H3;2H,1H3. The topological polar surface area (TPSA) is 86.2 Å². The molecular weight excluding hydrogens is 472 g/mol. The molecule has 1 saturated carbocycles. The Morgan fingerprint density at radius 3 is 2.11 bits per heavy atom. The fraction of sp³-hybridized carbons (Fsp3) is 0.333. The number of rotatable bonds is 4. The number of aromatic hydroxyl groups is 1. The van der Waals surface area contributed by atoms with Crippen molar-refractivity contribution < 1.29 is 15.0 Å². The monoisotopic (exact) mass is 506 g/mol. The number of aliphatic hydroxyl groups excluding tert-OH is 1. The predicted molar refractivity (Wildman–Crippen MR) is 148 cm³/mol. The molecule has 0 amide bonds. The number of aldehydes is 1. The molecular formula is C30H35ClN2O3. The Morgan fingerprint density at radius 1 is 0.917 bits per heavy atom. The molecule has 6 heteroatoms. The first-order valence-electron chi connectivity index (χ1n) is 12.3. The molecule has 36 heavy (non-hydrogen) atoms. The van der Waals surface area contributed by atoms with Crippen LogP contribution in [-0.4, -0.2) is 33.6 Å². The second-order valence-electron chi connectivity index (χ2n) is 9.62. The van der Waals surface area contributed by atoms with Gasteiger partial charge in [-0.2, -0.15) is 0 Å². The molecule has 0 aliphatic heterocycles. The van der Waals surface area contributed by atoms with Gasteiger partial charge < -0.3 is 20.0 Å². The number of aromatic amines is 1. The highest BCUT2D eigenvalue weighted by atomic mass is 35.5. The van der Waals surface area contributed by atoms with Gasteiger partial charge in [0, 0.05) is 24.2 Å². The molecule has 0 bridgehead atoms. The van der Waals surface area contributed by atoms with Gasteiger partial charge in [0.1, 0.15) is 6.29 Å². The summed E-state index contributed by atoms with van der Waals surface area (Å²) in [5, 5.41) is 17.1. The van der Waals surface area contributed by atoms with Crippen molar-refractivity contribution in [1.29, 1.82) is 0 Å². The Bertz CT molecular complexity index is 1240. The molecule has 0 radical (unpaired) electrons. The number of pyridine rings is 1. The SMILES string of the molecule is CC(C)(C=O)C1CCCCC1.CO.Oc1cc2nc(-c3ccc(-c4ccccc4)cc3)c(Cl)cc2[nH]1. The molecule has 0 spiro atoms. The number of carbonyl (C=O) groups is 1. The Hall–Kier alpha value is -3.15. The number of halogens is 1. The predicted octanol–water partition coefficient (Wildman–Crippen LogP) is 7.66. The van der Waals surface area contributed by atoms with Crippen LogP contribution in [0.15, 0.2) is 66.7 Å². The molecule has 0 unspecified atom stereocenters. The number of aliphatic hydroxyl groups is 1. The van der Waals surface area contributed by atoms with E-state index in [9.17, 15) is 9.90 Å². The maximum Gasteiger partial charge on any atom is 0.190 e. The third-order valence-corrected chi connectivity index (χ3v) is 7.06. The highest BCUT2D eigenvalue weighted by Gasteiger charge is 2.29. The Balaban J connectivity index is 0.000000235. The molecule has 190 valence electrons. The van der Waals surface area contributed by atoms with E-state index in [1.807, 2.05) is 30.3 Å². The first-order valence-corrected chi connectivity index (χ1v) is 12.7. The number of fused-ring (bicyclic) bond motifs is 1. The maximum absolute atomic E-state index is 10.7. The summed E-state index contributed by atoms with van der Waals surface area (Å²) in [5.74, 6) is 0.730. The van der Waals surface area contributed by atoms with Crippen LogP contribution < -0.4 is 0 Å². The molecule has 4 aromatic rings. The van der Waals surface area contributed by atoms with Crippen LogP contribution in [0.4, 0.5) is 0 Å². The first kappa shape index (κ1) is 27.4. The van der Waals surface area contributed by atoms with Crippen molar-refractivity contribution >= 4 is 28.9 Å². The number of carbonyl (C=O) groups excluding carboxylic acids is 1. The Kier molecular flexibility index (Phi) is 9.68. The lowest BCUT2D eigenvalue weighted by Gasteiger charge is -2.32. The van der Waals surface area contributed by atoms with Crippen LogP contribution in [0.25, 0.3) is 33.4 Å². The zero-order valence-corrected chi connectivity index (χ0v) is 21.9. The number of nitrogens with zero attached hydrogens (tertiary/aromatic N) is 1. The minimum absolute atomic E-state index is 0.0690. The van der Waals surface area contributed by atoms with Crippen molar-refractivity contribution in [3.63, 3.8) is 0 Å². The van der Waals surface area contributed by atoms with Crippen LogP contribution in [0.5, 0.6) is 5.88 Å². The van der Waals surface area contributed by atoms with Crippen LogP contribution in [0.2, 0.25) is 5.02 Å². The van der Waals surface area contributed by atoms with E-state index in [1.54, 1.807) is 12.1 Å². The lowest BCUT2D eigenvalue weighted by Crippen LogP contribution is -2.27. The van der Waals surface area contributed by atoms with E-state index in [4.69, 9.17) is 16.7 Å². The molecule has 5 nitrogen and oxygen atoms in total. The maximum atomic E-state index is 10.7. The number of nitrogens with one attached hydrogen (secondary N) is 1. The normalized spacial score (nSPS) is 13.8. The van der Waals surface area contributed by atoms with Crippen LogP contribution in [0, 0.1) is 11.3 Å². The van der Waals surface area contributed by atoms with Crippen molar-refractivity contribution in [3.8, 4) is 28.3 Å². The molecule has 3 N–H and O–H groups in total.